The van der Waals surface area contributed by atoms with Crippen LogP contribution in [0.1, 0.15) is 5.56 Å². The first-order valence-electron chi connectivity index (χ1n) is 7.08. The second kappa shape index (κ2) is 6.29. The van der Waals surface area contributed by atoms with Crippen LogP contribution in [0.25, 0.3) is 11.3 Å². The third-order valence-electron chi connectivity index (χ3n) is 3.42. The summed E-state index contributed by atoms with van der Waals surface area (Å²) < 4.78 is 0. The molecule has 24 heavy (non-hydrogen) atoms. The molecule has 2 N–H and O–H groups in total. The molecule has 0 aliphatic carbocycles. The Labute approximate surface area is 136 Å². The molecule has 0 fully saturated rings. The highest BCUT2D eigenvalue weighted by Crippen LogP contribution is 2.28. The van der Waals surface area contributed by atoms with Crippen LogP contribution >= 0.6 is 0 Å². The molecule has 0 bridgehead atoms. The molecule has 0 amide bonds. The number of non-ortho nitro benzene ring substituents is 1. The van der Waals surface area contributed by atoms with E-state index in [1.807, 2.05) is 19.1 Å². The van der Waals surface area contributed by atoms with Crippen molar-refractivity contribution in [2.45, 2.75) is 6.92 Å². The van der Waals surface area contributed by atoms with Crippen LogP contribution in [0, 0.1) is 17.0 Å². The summed E-state index contributed by atoms with van der Waals surface area (Å²) >= 11 is 0. The van der Waals surface area contributed by atoms with E-state index in [9.17, 15) is 14.9 Å². The van der Waals surface area contributed by atoms with E-state index in [1.54, 1.807) is 24.3 Å². The number of azo groups is 1. The van der Waals surface area contributed by atoms with Crippen molar-refractivity contribution < 1.29 is 4.92 Å². The number of nitro benzene ring substituents is 1. The standard InChI is InChI=1S/C16H13N5O3/c1-10-2-6-12(7-3-10)17-19-15-14(18-20-16(15)22)11-4-8-13(9-5-11)21(23)24/h2-9H,1H3,(H2,18,20,22). The van der Waals surface area contributed by atoms with Gasteiger partial charge in [0.25, 0.3) is 11.2 Å². The first kappa shape index (κ1) is 15.3. The molecule has 1 heterocycles. The van der Waals surface area contributed by atoms with Gasteiger partial charge in [-0.2, -0.15) is 5.11 Å². The smallest absolute Gasteiger partial charge is 0.292 e. The molecular weight excluding hydrogens is 310 g/mol. The molecule has 0 saturated carbocycles. The molecule has 0 radical (unpaired) electrons. The topological polar surface area (TPSA) is 117 Å². The minimum atomic E-state index is -0.484. The lowest BCUT2D eigenvalue weighted by Crippen LogP contribution is -1.96. The first-order chi connectivity index (χ1) is 11.5. The van der Waals surface area contributed by atoms with Crippen LogP contribution in [0.4, 0.5) is 17.1 Å². The van der Waals surface area contributed by atoms with Gasteiger partial charge in [-0.3, -0.25) is 25.1 Å². The summed E-state index contributed by atoms with van der Waals surface area (Å²) in [7, 11) is 0. The van der Waals surface area contributed by atoms with Crippen LogP contribution in [0.15, 0.2) is 63.6 Å². The predicted octanol–water partition coefficient (Wildman–Crippen LogP) is 4.00. The van der Waals surface area contributed by atoms with Gasteiger partial charge in [0.1, 0.15) is 0 Å². The number of nitrogens with zero attached hydrogens (tertiary/aromatic N) is 3. The van der Waals surface area contributed by atoms with Gasteiger partial charge < -0.3 is 0 Å². The maximum absolute atomic E-state index is 11.9. The summed E-state index contributed by atoms with van der Waals surface area (Å²) in [6.07, 6.45) is 0. The number of nitro groups is 1. The van der Waals surface area contributed by atoms with Crippen LogP contribution in [0.2, 0.25) is 0 Å². The molecule has 1 aromatic heterocycles. The molecule has 0 spiro atoms. The number of rotatable bonds is 4. The van der Waals surface area contributed by atoms with E-state index in [-0.39, 0.29) is 11.4 Å². The highest BCUT2D eigenvalue weighted by atomic mass is 16.6. The monoisotopic (exact) mass is 323 g/mol. The van der Waals surface area contributed by atoms with Gasteiger partial charge in [-0.1, -0.05) is 17.7 Å². The van der Waals surface area contributed by atoms with Crippen molar-refractivity contribution in [1.82, 2.24) is 10.2 Å². The molecule has 8 nitrogen and oxygen atoms in total. The Morgan fingerprint density at radius 3 is 2.25 bits per heavy atom. The number of aromatic amines is 2. The zero-order valence-corrected chi connectivity index (χ0v) is 12.7. The highest BCUT2D eigenvalue weighted by molar-refractivity contribution is 5.71. The molecule has 3 aromatic rings. The summed E-state index contributed by atoms with van der Waals surface area (Å²) in [5, 5.41) is 24.0. The number of nitrogens with one attached hydrogen (secondary N) is 2. The third-order valence-corrected chi connectivity index (χ3v) is 3.42. The highest BCUT2D eigenvalue weighted by Gasteiger charge is 2.13. The van der Waals surface area contributed by atoms with E-state index in [4.69, 9.17) is 0 Å². The van der Waals surface area contributed by atoms with Crippen LogP contribution in [0.5, 0.6) is 0 Å². The van der Waals surface area contributed by atoms with Gasteiger partial charge >= 0.3 is 0 Å². The number of hydrogen-bond donors (Lipinski definition) is 2. The molecule has 0 atom stereocenters. The number of hydrogen-bond acceptors (Lipinski definition) is 5. The van der Waals surface area contributed by atoms with Gasteiger partial charge in [0, 0.05) is 17.7 Å². The van der Waals surface area contributed by atoms with Crippen molar-refractivity contribution >= 4 is 17.1 Å². The van der Waals surface area contributed by atoms with E-state index in [0.717, 1.165) is 5.56 Å². The van der Waals surface area contributed by atoms with E-state index in [0.29, 0.717) is 16.9 Å². The Kier molecular flexibility index (Phi) is 4.02. The van der Waals surface area contributed by atoms with Crippen LogP contribution < -0.4 is 5.56 Å². The largest absolute Gasteiger partial charge is 0.295 e. The normalized spacial score (nSPS) is 11.0. The SMILES string of the molecule is Cc1ccc(N=Nc2c(-c3ccc([N+](=O)[O-])cc3)[nH][nH]c2=O)cc1. The lowest BCUT2D eigenvalue weighted by Gasteiger charge is -1.99. The van der Waals surface area contributed by atoms with Crippen molar-refractivity contribution in [3.05, 3.63) is 74.6 Å². The Hall–Kier alpha value is -3.55. The molecule has 120 valence electrons. The van der Waals surface area contributed by atoms with Gasteiger partial charge in [-0.15, -0.1) is 5.11 Å². The van der Waals surface area contributed by atoms with E-state index in [1.165, 1.54) is 12.1 Å². The van der Waals surface area contributed by atoms with Crippen LogP contribution in [-0.2, 0) is 0 Å². The number of aryl methyl sites for hydroxylation is 1. The molecule has 0 unspecified atom stereocenters. The fourth-order valence-electron chi connectivity index (χ4n) is 2.12. The van der Waals surface area contributed by atoms with Crippen LogP contribution in [0.3, 0.4) is 0 Å². The van der Waals surface area contributed by atoms with Gasteiger partial charge in [0.2, 0.25) is 0 Å². The summed E-state index contributed by atoms with van der Waals surface area (Å²) in [5.74, 6) is 0. The lowest BCUT2D eigenvalue weighted by molar-refractivity contribution is -0.384. The lowest BCUT2D eigenvalue weighted by atomic mass is 10.1. The Bertz CT molecular complexity index is 953. The minimum Gasteiger partial charge on any atom is -0.295 e. The summed E-state index contributed by atoms with van der Waals surface area (Å²) in [5.41, 5.74) is 2.40. The molecule has 2 aromatic carbocycles. The van der Waals surface area contributed by atoms with Gasteiger partial charge in [0.15, 0.2) is 5.69 Å². The third kappa shape index (κ3) is 3.12. The van der Waals surface area contributed by atoms with E-state index < -0.39 is 10.5 Å². The van der Waals surface area contributed by atoms with Gasteiger partial charge in [-0.25, -0.2) is 0 Å². The van der Waals surface area contributed by atoms with Crippen molar-refractivity contribution in [3.63, 3.8) is 0 Å². The van der Waals surface area contributed by atoms with E-state index >= 15 is 0 Å². The van der Waals surface area contributed by atoms with Gasteiger partial charge in [-0.05, 0) is 31.2 Å². The van der Waals surface area contributed by atoms with E-state index in [2.05, 4.69) is 20.4 Å². The first-order valence-corrected chi connectivity index (χ1v) is 7.08. The molecule has 8 heteroatoms. The number of aromatic nitrogens is 2. The average molecular weight is 323 g/mol. The summed E-state index contributed by atoms with van der Waals surface area (Å²) in [4.78, 5) is 22.1. The zero-order valence-electron chi connectivity index (χ0n) is 12.7. The maximum Gasteiger partial charge on any atom is 0.292 e. The number of H-pyrrole nitrogens is 2. The zero-order chi connectivity index (χ0) is 17.1. The molecule has 3 rings (SSSR count). The summed E-state index contributed by atoms with van der Waals surface area (Å²) in [6.45, 7) is 1.96. The fourth-order valence-corrected chi connectivity index (χ4v) is 2.12. The Morgan fingerprint density at radius 2 is 1.62 bits per heavy atom. The van der Waals surface area contributed by atoms with Crippen molar-refractivity contribution in [2.75, 3.05) is 0 Å². The van der Waals surface area contributed by atoms with Crippen LogP contribution in [-0.4, -0.2) is 15.1 Å². The minimum absolute atomic E-state index is 0.0283. The molecule has 0 aliphatic heterocycles. The molecule has 0 aliphatic rings. The number of benzene rings is 2. The molecular formula is C16H13N5O3. The average Bonchev–Trinajstić information content (AvgIpc) is 2.95. The van der Waals surface area contributed by atoms with Crippen molar-refractivity contribution in [1.29, 1.82) is 0 Å². The quantitative estimate of drug-likeness (QED) is 0.429. The second-order valence-corrected chi connectivity index (χ2v) is 5.14. The maximum atomic E-state index is 11.9. The Morgan fingerprint density at radius 1 is 0.958 bits per heavy atom. The van der Waals surface area contributed by atoms with Crippen molar-refractivity contribution in [3.8, 4) is 11.3 Å². The predicted molar refractivity (Wildman–Crippen MR) is 88.9 cm³/mol. The van der Waals surface area contributed by atoms with Crippen molar-refractivity contribution in [2.24, 2.45) is 10.2 Å². The Balaban J connectivity index is 1.95. The van der Waals surface area contributed by atoms with Gasteiger partial charge in [0.05, 0.1) is 16.3 Å². The second-order valence-electron chi connectivity index (χ2n) is 5.14. The summed E-state index contributed by atoms with van der Waals surface area (Å²) in [6, 6.07) is 13.2. The molecule has 0 saturated heterocycles. The fraction of sp³-hybridized carbons (Fsp3) is 0.0625.